The number of thiazole rings is 1. The molecule has 0 spiro atoms. The van der Waals surface area contributed by atoms with Crippen LogP contribution < -0.4 is 21.3 Å². The normalized spacial score (nSPS) is 21.8. The molecular formula is C30H38N8O4S. The van der Waals surface area contributed by atoms with Gasteiger partial charge in [-0.05, 0) is 43.6 Å². The Morgan fingerprint density at radius 2 is 1.86 bits per heavy atom. The molecule has 4 heterocycles. The summed E-state index contributed by atoms with van der Waals surface area (Å²) in [5.41, 5.74) is 1.10. The first-order chi connectivity index (χ1) is 20.8. The largest absolute Gasteiger partial charge is 0.354 e. The van der Waals surface area contributed by atoms with Gasteiger partial charge in [0.15, 0.2) is 0 Å². The number of aryl methyl sites for hydroxylation is 1. The third kappa shape index (κ3) is 7.45. The van der Waals surface area contributed by atoms with Gasteiger partial charge < -0.3 is 25.8 Å². The summed E-state index contributed by atoms with van der Waals surface area (Å²) in [6.07, 6.45) is 4.57. The predicted molar refractivity (Wildman–Crippen MR) is 160 cm³/mol. The van der Waals surface area contributed by atoms with E-state index in [1.165, 1.54) is 11.3 Å². The Bertz CT molecular complexity index is 1450. The molecule has 3 aromatic rings. The average molecular weight is 607 g/mol. The van der Waals surface area contributed by atoms with Crippen molar-refractivity contribution in [3.8, 4) is 0 Å². The van der Waals surface area contributed by atoms with Crippen molar-refractivity contribution in [3.05, 3.63) is 63.6 Å². The zero-order valence-corrected chi connectivity index (χ0v) is 25.3. The molecule has 12 nitrogen and oxygen atoms in total. The van der Waals surface area contributed by atoms with E-state index in [1.54, 1.807) is 5.38 Å². The van der Waals surface area contributed by atoms with E-state index in [-0.39, 0.29) is 29.3 Å². The molecule has 0 saturated heterocycles. The van der Waals surface area contributed by atoms with Crippen molar-refractivity contribution >= 4 is 35.0 Å². The monoisotopic (exact) mass is 606 g/mol. The Morgan fingerprint density at radius 3 is 2.65 bits per heavy atom. The van der Waals surface area contributed by atoms with Gasteiger partial charge in [-0.3, -0.25) is 19.2 Å². The fraction of sp³-hybridized carbons (Fsp3) is 0.500. The molecule has 2 aromatic heterocycles. The van der Waals surface area contributed by atoms with Crippen LogP contribution in [-0.2, 0) is 29.0 Å². The first-order valence-electron chi connectivity index (χ1n) is 14.9. The van der Waals surface area contributed by atoms with Crippen LogP contribution in [0.1, 0.15) is 89.5 Å². The highest BCUT2D eigenvalue weighted by Crippen LogP contribution is 2.26. The van der Waals surface area contributed by atoms with Gasteiger partial charge in [-0.1, -0.05) is 44.2 Å². The number of rotatable bonds is 5. The maximum Gasteiger partial charge on any atom is 0.289 e. The number of carbonyl (C=O) groups excluding carboxylic acids is 4. The predicted octanol–water partition coefficient (Wildman–Crippen LogP) is 2.32. The van der Waals surface area contributed by atoms with E-state index in [9.17, 15) is 19.2 Å². The molecule has 2 aliphatic rings. The minimum absolute atomic E-state index is 0.0404. The topological polar surface area (TPSA) is 160 Å². The highest BCUT2D eigenvalue weighted by Gasteiger charge is 2.31. The quantitative estimate of drug-likeness (QED) is 0.347. The van der Waals surface area contributed by atoms with Crippen LogP contribution >= 0.6 is 11.3 Å². The number of hydrogen-bond donors (Lipinski definition) is 4. The van der Waals surface area contributed by atoms with Crippen molar-refractivity contribution in [2.45, 2.75) is 83.5 Å². The van der Waals surface area contributed by atoms with Crippen molar-refractivity contribution in [2.75, 3.05) is 6.54 Å². The summed E-state index contributed by atoms with van der Waals surface area (Å²) in [5.74, 6) is -0.583. The first kappa shape index (κ1) is 30.3. The molecule has 43 heavy (non-hydrogen) atoms. The van der Waals surface area contributed by atoms with E-state index in [0.717, 1.165) is 30.7 Å². The molecule has 0 aliphatic carbocycles. The van der Waals surface area contributed by atoms with Gasteiger partial charge in [0, 0.05) is 31.3 Å². The highest BCUT2D eigenvalue weighted by atomic mass is 32.1. The SMILES string of the molecule is CC(C)[C@H]1NC(=O)[C@@H](NC(=O)c2nnc3n2CCCC3)CCCCNC(=O)[C@@H](Cc2ccccc2)NC(=O)c2csc1n2. The van der Waals surface area contributed by atoms with Gasteiger partial charge in [-0.2, -0.15) is 0 Å². The Morgan fingerprint density at radius 1 is 1.05 bits per heavy atom. The first-order valence-corrected chi connectivity index (χ1v) is 15.8. The smallest absolute Gasteiger partial charge is 0.289 e. The van der Waals surface area contributed by atoms with Crippen LogP contribution in [0, 0.1) is 5.92 Å². The molecule has 0 unspecified atom stereocenters. The van der Waals surface area contributed by atoms with Crippen LogP contribution in [0.5, 0.6) is 0 Å². The maximum absolute atomic E-state index is 13.6. The Balaban J connectivity index is 1.37. The van der Waals surface area contributed by atoms with E-state index in [4.69, 9.17) is 0 Å². The molecule has 0 radical (unpaired) electrons. The van der Waals surface area contributed by atoms with Gasteiger partial charge in [-0.15, -0.1) is 21.5 Å². The van der Waals surface area contributed by atoms with E-state index in [0.29, 0.717) is 43.8 Å². The van der Waals surface area contributed by atoms with Gasteiger partial charge in [0.1, 0.15) is 28.6 Å². The second-order valence-corrected chi connectivity index (χ2v) is 12.3. The van der Waals surface area contributed by atoms with Crippen molar-refractivity contribution in [2.24, 2.45) is 5.92 Å². The number of fused-ring (bicyclic) bond motifs is 3. The lowest BCUT2D eigenvalue weighted by Crippen LogP contribution is -2.49. The van der Waals surface area contributed by atoms with Gasteiger partial charge in [0.05, 0.1) is 6.04 Å². The Labute approximate surface area is 254 Å². The number of nitrogens with zero attached hydrogens (tertiary/aromatic N) is 4. The molecule has 4 N–H and O–H groups in total. The lowest BCUT2D eigenvalue weighted by molar-refractivity contribution is -0.124. The van der Waals surface area contributed by atoms with Crippen LogP contribution in [0.15, 0.2) is 35.7 Å². The number of carbonyl (C=O) groups is 4. The third-order valence-electron chi connectivity index (χ3n) is 7.79. The van der Waals surface area contributed by atoms with Gasteiger partial charge >= 0.3 is 0 Å². The van der Waals surface area contributed by atoms with Gasteiger partial charge in [-0.25, -0.2) is 4.98 Å². The molecule has 228 valence electrons. The van der Waals surface area contributed by atoms with Crippen molar-refractivity contribution in [1.82, 2.24) is 41.0 Å². The second-order valence-electron chi connectivity index (χ2n) is 11.4. The maximum atomic E-state index is 13.6. The second kappa shape index (κ2) is 13.9. The number of hydrogen-bond acceptors (Lipinski definition) is 8. The summed E-state index contributed by atoms with van der Waals surface area (Å²) >= 11 is 1.27. The minimum Gasteiger partial charge on any atom is -0.354 e. The van der Waals surface area contributed by atoms with E-state index < -0.39 is 29.9 Å². The molecular weight excluding hydrogens is 568 g/mol. The van der Waals surface area contributed by atoms with Crippen LogP contribution in [0.2, 0.25) is 0 Å². The molecule has 13 heteroatoms. The molecule has 2 aliphatic heterocycles. The van der Waals surface area contributed by atoms with E-state index in [2.05, 4.69) is 36.4 Å². The molecule has 0 fully saturated rings. The lowest BCUT2D eigenvalue weighted by atomic mass is 10.0. The summed E-state index contributed by atoms with van der Waals surface area (Å²) in [6, 6.07) is 7.43. The summed E-state index contributed by atoms with van der Waals surface area (Å²) < 4.78 is 1.83. The summed E-state index contributed by atoms with van der Waals surface area (Å²) in [4.78, 5) is 57.9. The van der Waals surface area contributed by atoms with E-state index in [1.807, 2.05) is 48.7 Å². The standard InChI is InChI=1S/C30H38N8O4S/c1-18(2)24-30-34-22(17-43-30)28(41)33-21(16-19-10-4-3-5-11-19)26(39)31-14-8-6-12-20(27(40)35-24)32-29(42)25-37-36-23-13-7-9-15-38(23)25/h3-5,10-11,17-18,20-21,24H,6-9,12-16H2,1-2H3,(H,31,39)(H,32,42)(H,33,41)(H,35,40)/t20-,21+,24+/m0/s1. The fourth-order valence-electron chi connectivity index (χ4n) is 5.37. The number of nitrogens with one attached hydrogen (secondary N) is 4. The highest BCUT2D eigenvalue weighted by molar-refractivity contribution is 7.09. The van der Waals surface area contributed by atoms with Crippen LogP contribution in [0.25, 0.3) is 0 Å². The number of amides is 4. The third-order valence-corrected chi connectivity index (χ3v) is 8.72. The van der Waals surface area contributed by atoms with Crippen molar-refractivity contribution in [3.63, 3.8) is 0 Å². The van der Waals surface area contributed by atoms with Crippen LogP contribution in [-0.4, -0.2) is 62.0 Å². The number of benzene rings is 1. The molecule has 3 atom stereocenters. The van der Waals surface area contributed by atoms with E-state index >= 15 is 0 Å². The number of aromatic nitrogens is 4. The molecule has 4 amide bonds. The molecule has 5 rings (SSSR count). The Hall–Kier alpha value is -4.13. The average Bonchev–Trinajstić information content (AvgIpc) is 3.66. The zero-order valence-electron chi connectivity index (χ0n) is 24.5. The lowest BCUT2D eigenvalue weighted by Gasteiger charge is -2.25. The van der Waals surface area contributed by atoms with Crippen molar-refractivity contribution < 1.29 is 19.2 Å². The van der Waals surface area contributed by atoms with Gasteiger partial charge in [0.25, 0.3) is 11.8 Å². The zero-order chi connectivity index (χ0) is 30.3. The van der Waals surface area contributed by atoms with Crippen molar-refractivity contribution in [1.29, 1.82) is 0 Å². The fourth-order valence-corrected chi connectivity index (χ4v) is 6.39. The molecule has 0 saturated carbocycles. The molecule has 2 bridgehead atoms. The van der Waals surface area contributed by atoms with Gasteiger partial charge in [0.2, 0.25) is 17.6 Å². The summed E-state index contributed by atoms with van der Waals surface area (Å²) in [5, 5.41) is 22.2. The minimum atomic E-state index is -0.831. The van der Waals surface area contributed by atoms with Crippen LogP contribution in [0.4, 0.5) is 0 Å². The molecule has 1 aromatic carbocycles. The summed E-state index contributed by atoms with van der Waals surface area (Å²) in [7, 11) is 0. The van der Waals surface area contributed by atoms with Crippen LogP contribution in [0.3, 0.4) is 0 Å². The summed E-state index contributed by atoms with van der Waals surface area (Å²) in [6.45, 7) is 4.94. The Kier molecular flexibility index (Phi) is 9.80.